The zero-order chi connectivity index (χ0) is 15.2. The lowest BCUT2D eigenvalue weighted by atomic mass is 10.1. The molecule has 5 nitrogen and oxygen atoms in total. The summed E-state index contributed by atoms with van der Waals surface area (Å²) in [6, 6.07) is 8.42. The number of hydrogen-bond acceptors (Lipinski definition) is 4. The van der Waals surface area contributed by atoms with E-state index < -0.39 is 0 Å². The summed E-state index contributed by atoms with van der Waals surface area (Å²) >= 11 is 0. The zero-order valence-corrected chi connectivity index (χ0v) is 13.1. The molecule has 0 atom stereocenters. The van der Waals surface area contributed by atoms with Crippen LogP contribution in [-0.2, 0) is 9.53 Å². The number of carbonyl (C=O) groups excluding carboxylic acids is 1. The summed E-state index contributed by atoms with van der Waals surface area (Å²) in [5.74, 6) is 0.142. The second-order valence-corrected chi connectivity index (χ2v) is 5.94. The Labute approximate surface area is 132 Å². The van der Waals surface area contributed by atoms with Crippen LogP contribution in [0, 0.1) is 0 Å². The molecule has 2 aliphatic rings. The lowest BCUT2D eigenvalue weighted by molar-refractivity contribution is -0.133. The van der Waals surface area contributed by atoms with Crippen LogP contribution < -0.4 is 10.2 Å². The van der Waals surface area contributed by atoms with Crippen molar-refractivity contribution in [2.24, 2.45) is 0 Å². The Morgan fingerprint density at radius 2 is 1.68 bits per heavy atom. The predicted molar refractivity (Wildman–Crippen MR) is 88.4 cm³/mol. The number of nitrogens with one attached hydrogen (secondary N) is 1. The van der Waals surface area contributed by atoms with Crippen LogP contribution in [0.5, 0.6) is 0 Å². The van der Waals surface area contributed by atoms with E-state index in [1.165, 1.54) is 24.9 Å². The van der Waals surface area contributed by atoms with Gasteiger partial charge >= 0.3 is 0 Å². The van der Waals surface area contributed by atoms with Crippen molar-refractivity contribution in [1.29, 1.82) is 0 Å². The van der Waals surface area contributed by atoms with Crippen molar-refractivity contribution in [2.45, 2.75) is 19.3 Å². The van der Waals surface area contributed by atoms with Gasteiger partial charge in [0.25, 0.3) is 0 Å². The number of carbonyl (C=O) groups is 1. The third kappa shape index (κ3) is 3.91. The standard InChI is InChI=1S/C17H25N3O2/c21-17(20-10-12-22-13-11-20)14-18-15-4-6-16(7-5-15)19-8-2-1-3-9-19/h4-7,18H,1-3,8-14H2. The second-order valence-electron chi connectivity index (χ2n) is 5.94. The minimum atomic E-state index is 0.142. The topological polar surface area (TPSA) is 44.8 Å². The van der Waals surface area contributed by atoms with E-state index in [2.05, 4.69) is 34.5 Å². The van der Waals surface area contributed by atoms with Crippen LogP contribution in [-0.4, -0.2) is 56.7 Å². The predicted octanol–water partition coefficient (Wildman–Crippen LogP) is 1.95. The molecule has 2 aliphatic heterocycles. The third-order valence-corrected chi connectivity index (χ3v) is 4.40. The molecule has 1 aromatic rings. The summed E-state index contributed by atoms with van der Waals surface area (Å²) in [5.41, 5.74) is 2.28. The molecule has 2 heterocycles. The Balaban J connectivity index is 1.49. The average molecular weight is 303 g/mol. The van der Waals surface area contributed by atoms with E-state index in [-0.39, 0.29) is 5.91 Å². The monoisotopic (exact) mass is 303 g/mol. The molecule has 0 radical (unpaired) electrons. The fourth-order valence-electron chi connectivity index (χ4n) is 3.04. The van der Waals surface area contributed by atoms with Crippen molar-refractivity contribution in [3.05, 3.63) is 24.3 Å². The minimum absolute atomic E-state index is 0.142. The van der Waals surface area contributed by atoms with E-state index in [9.17, 15) is 4.79 Å². The van der Waals surface area contributed by atoms with E-state index in [0.717, 1.165) is 18.8 Å². The highest BCUT2D eigenvalue weighted by Crippen LogP contribution is 2.21. The summed E-state index contributed by atoms with van der Waals surface area (Å²) < 4.78 is 5.26. The molecule has 0 spiro atoms. The Morgan fingerprint density at radius 1 is 1.00 bits per heavy atom. The highest BCUT2D eigenvalue weighted by Gasteiger charge is 2.16. The van der Waals surface area contributed by atoms with Crippen LogP contribution >= 0.6 is 0 Å². The second kappa shape index (κ2) is 7.49. The highest BCUT2D eigenvalue weighted by atomic mass is 16.5. The summed E-state index contributed by atoms with van der Waals surface area (Å²) in [6.45, 7) is 5.36. The van der Waals surface area contributed by atoms with Crippen molar-refractivity contribution >= 4 is 17.3 Å². The highest BCUT2D eigenvalue weighted by molar-refractivity contribution is 5.81. The lowest BCUT2D eigenvalue weighted by Gasteiger charge is -2.29. The van der Waals surface area contributed by atoms with Crippen molar-refractivity contribution in [1.82, 2.24) is 4.90 Å². The average Bonchev–Trinajstić information content (AvgIpc) is 2.61. The van der Waals surface area contributed by atoms with Gasteiger partial charge in [0.2, 0.25) is 5.91 Å². The van der Waals surface area contributed by atoms with Crippen LogP contribution in [0.3, 0.4) is 0 Å². The fourth-order valence-corrected chi connectivity index (χ4v) is 3.04. The van der Waals surface area contributed by atoms with Gasteiger partial charge in [-0.15, -0.1) is 0 Å². The van der Waals surface area contributed by atoms with Crippen LogP contribution in [0.15, 0.2) is 24.3 Å². The van der Waals surface area contributed by atoms with Crippen LogP contribution in [0.4, 0.5) is 11.4 Å². The Morgan fingerprint density at radius 3 is 2.36 bits per heavy atom. The smallest absolute Gasteiger partial charge is 0.242 e. The molecule has 0 bridgehead atoms. The largest absolute Gasteiger partial charge is 0.378 e. The Bertz CT molecular complexity index is 477. The Hall–Kier alpha value is -1.75. The molecular weight excluding hydrogens is 278 g/mol. The number of morpholine rings is 1. The molecule has 3 rings (SSSR count). The molecule has 0 unspecified atom stereocenters. The van der Waals surface area contributed by atoms with Crippen LogP contribution in [0.1, 0.15) is 19.3 Å². The number of nitrogens with zero attached hydrogens (tertiary/aromatic N) is 2. The first kappa shape index (κ1) is 15.2. The number of benzene rings is 1. The summed E-state index contributed by atoms with van der Waals surface area (Å²) in [4.78, 5) is 16.4. The molecule has 0 saturated carbocycles. The molecular formula is C17H25N3O2. The summed E-state index contributed by atoms with van der Waals surface area (Å²) in [7, 11) is 0. The molecule has 1 N–H and O–H groups in total. The maximum absolute atomic E-state index is 12.1. The number of piperidine rings is 1. The van der Waals surface area contributed by atoms with E-state index >= 15 is 0 Å². The minimum Gasteiger partial charge on any atom is -0.378 e. The van der Waals surface area contributed by atoms with Crippen LogP contribution in [0.25, 0.3) is 0 Å². The van der Waals surface area contributed by atoms with Gasteiger partial charge in [-0.1, -0.05) is 0 Å². The first-order valence-electron chi connectivity index (χ1n) is 8.27. The zero-order valence-electron chi connectivity index (χ0n) is 13.1. The van der Waals surface area contributed by atoms with E-state index in [1.807, 2.05) is 4.90 Å². The molecule has 2 saturated heterocycles. The molecule has 1 amide bonds. The van der Waals surface area contributed by atoms with Gasteiger partial charge in [-0.3, -0.25) is 4.79 Å². The maximum Gasteiger partial charge on any atom is 0.242 e. The molecule has 120 valence electrons. The normalized spacial score (nSPS) is 19.1. The van der Waals surface area contributed by atoms with Gasteiger partial charge in [0.1, 0.15) is 0 Å². The van der Waals surface area contributed by atoms with E-state index in [4.69, 9.17) is 4.74 Å². The van der Waals surface area contributed by atoms with Crippen molar-refractivity contribution in [3.63, 3.8) is 0 Å². The van der Waals surface area contributed by atoms with Gasteiger partial charge in [0.05, 0.1) is 19.8 Å². The lowest BCUT2D eigenvalue weighted by Crippen LogP contribution is -2.43. The van der Waals surface area contributed by atoms with E-state index in [0.29, 0.717) is 32.8 Å². The number of anilines is 2. The molecule has 0 aliphatic carbocycles. The van der Waals surface area contributed by atoms with Crippen LogP contribution in [0.2, 0.25) is 0 Å². The number of hydrogen-bond donors (Lipinski definition) is 1. The molecule has 0 aromatic heterocycles. The first-order chi connectivity index (χ1) is 10.8. The third-order valence-electron chi connectivity index (χ3n) is 4.40. The molecule has 1 aromatic carbocycles. The fraction of sp³-hybridized carbons (Fsp3) is 0.588. The van der Waals surface area contributed by atoms with Crippen molar-refractivity contribution in [3.8, 4) is 0 Å². The van der Waals surface area contributed by atoms with Crippen molar-refractivity contribution in [2.75, 3.05) is 56.2 Å². The SMILES string of the molecule is O=C(CNc1ccc(N2CCCCC2)cc1)N1CCOCC1. The van der Waals surface area contributed by atoms with E-state index in [1.54, 1.807) is 0 Å². The number of ether oxygens (including phenoxy) is 1. The summed E-state index contributed by atoms with van der Waals surface area (Å²) in [5, 5.41) is 3.22. The quantitative estimate of drug-likeness (QED) is 0.923. The number of amides is 1. The molecule has 22 heavy (non-hydrogen) atoms. The summed E-state index contributed by atoms with van der Waals surface area (Å²) in [6.07, 6.45) is 3.92. The molecule has 2 fully saturated rings. The van der Waals surface area contributed by atoms with Gasteiger partial charge in [0.15, 0.2) is 0 Å². The van der Waals surface area contributed by atoms with Gasteiger partial charge in [-0.2, -0.15) is 0 Å². The van der Waals surface area contributed by atoms with Gasteiger partial charge < -0.3 is 19.9 Å². The van der Waals surface area contributed by atoms with Gasteiger partial charge in [-0.05, 0) is 43.5 Å². The number of rotatable bonds is 4. The maximum atomic E-state index is 12.1. The first-order valence-corrected chi connectivity index (χ1v) is 8.27. The molecule has 5 heteroatoms. The van der Waals surface area contributed by atoms with Crippen molar-refractivity contribution < 1.29 is 9.53 Å². The van der Waals surface area contributed by atoms with Gasteiger partial charge in [-0.25, -0.2) is 0 Å². The Kier molecular flexibility index (Phi) is 5.16. The van der Waals surface area contributed by atoms with Gasteiger partial charge in [0, 0.05) is 37.6 Å².